The molecule has 4 nitrogen and oxygen atoms in total. The summed E-state index contributed by atoms with van der Waals surface area (Å²) in [7, 11) is 0. The number of fused-ring (bicyclic) bond motifs is 5. The van der Waals surface area contributed by atoms with E-state index in [0.717, 1.165) is 22.3 Å². The zero-order valence-corrected chi connectivity index (χ0v) is 20.2. The van der Waals surface area contributed by atoms with Crippen molar-refractivity contribution in [2.75, 3.05) is 6.61 Å². The number of carbonyl (C=O) groups excluding carboxylic acids is 1. The molecule has 2 atom stereocenters. The topological polar surface area (TPSA) is 49.8 Å². The number of aliphatic hydroxyl groups is 1. The monoisotopic (exact) mass is 529 g/mol. The molecule has 2 unspecified atom stereocenters. The van der Waals surface area contributed by atoms with Gasteiger partial charge in [-0.15, -0.1) is 0 Å². The molecule has 9 heteroatoms. The molecule has 0 saturated carbocycles. The van der Waals surface area contributed by atoms with Gasteiger partial charge < -0.3 is 14.7 Å². The van der Waals surface area contributed by atoms with Crippen LogP contribution in [-0.4, -0.2) is 34.8 Å². The minimum atomic E-state index is -2.32. The highest BCUT2D eigenvalue weighted by atomic mass is 19.2. The number of piperidine rings is 2. The van der Waals surface area contributed by atoms with Crippen LogP contribution in [0.3, 0.4) is 0 Å². The molecule has 0 radical (unpaired) electrons. The number of nitrogens with zero attached hydrogens (tertiary/aromatic N) is 1. The van der Waals surface area contributed by atoms with Gasteiger partial charge >= 0.3 is 6.09 Å². The fourth-order valence-corrected chi connectivity index (χ4v) is 6.61. The van der Waals surface area contributed by atoms with Crippen LogP contribution >= 0.6 is 0 Å². The summed E-state index contributed by atoms with van der Waals surface area (Å²) in [6.07, 6.45) is 0.130. The van der Waals surface area contributed by atoms with E-state index in [9.17, 15) is 31.9 Å². The van der Waals surface area contributed by atoms with Gasteiger partial charge in [-0.25, -0.2) is 26.7 Å². The van der Waals surface area contributed by atoms with Crippen molar-refractivity contribution in [3.63, 3.8) is 0 Å². The van der Waals surface area contributed by atoms with Crippen LogP contribution in [0.4, 0.5) is 26.7 Å². The molecule has 6 rings (SSSR count). The van der Waals surface area contributed by atoms with Crippen molar-refractivity contribution >= 4 is 6.09 Å². The lowest BCUT2D eigenvalue weighted by Crippen LogP contribution is -2.59. The first kappa shape index (κ1) is 24.9. The Labute approximate surface area is 215 Å². The summed E-state index contributed by atoms with van der Waals surface area (Å²) in [5.41, 5.74) is 0.679. The minimum Gasteiger partial charge on any atom is -0.448 e. The lowest BCUT2D eigenvalue weighted by molar-refractivity contribution is -0.0929. The molecule has 1 aliphatic carbocycles. The molecule has 0 spiro atoms. The Hall–Kier alpha value is -3.46. The minimum absolute atomic E-state index is 0.0741. The van der Waals surface area contributed by atoms with Crippen molar-refractivity contribution in [2.45, 2.75) is 55.7 Å². The number of ether oxygens (including phenoxy) is 1. The van der Waals surface area contributed by atoms with Crippen LogP contribution in [0.2, 0.25) is 0 Å². The molecule has 3 aromatic carbocycles. The molecule has 2 fully saturated rings. The average molecular weight is 530 g/mol. The van der Waals surface area contributed by atoms with E-state index in [1.807, 2.05) is 48.5 Å². The van der Waals surface area contributed by atoms with Crippen LogP contribution in [0.1, 0.15) is 54.7 Å². The van der Waals surface area contributed by atoms with Crippen LogP contribution in [0, 0.1) is 29.1 Å². The molecule has 1 N–H and O–H groups in total. The van der Waals surface area contributed by atoms with E-state index < -0.39 is 58.4 Å². The molecule has 2 heterocycles. The summed E-state index contributed by atoms with van der Waals surface area (Å²) in [4.78, 5) is 14.8. The lowest BCUT2D eigenvalue weighted by Gasteiger charge is -2.51. The number of hydrogen-bond acceptors (Lipinski definition) is 3. The maximum atomic E-state index is 14.6. The largest absolute Gasteiger partial charge is 0.448 e. The van der Waals surface area contributed by atoms with Gasteiger partial charge in [0, 0.05) is 30.8 Å². The van der Waals surface area contributed by atoms with Gasteiger partial charge in [0.1, 0.15) is 6.61 Å². The Balaban J connectivity index is 1.24. The van der Waals surface area contributed by atoms with Gasteiger partial charge in [-0.05, 0) is 41.5 Å². The third-order valence-electron chi connectivity index (χ3n) is 8.23. The van der Waals surface area contributed by atoms with Crippen LogP contribution in [0.15, 0.2) is 48.5 Å². The number of benzene rings is 3. The highest BCUT2D eigenvalue weighted by molar-refractivity contribution is 5.79. The van der Waals surface area contributed by atoms with E-state index in [2.05, 4.69) is 0 Å². The molecule has 38 heavy (non-hydrogen) atoms. The average Bonchev–Trinajstić information content (AvgIpc) is 3.22. The normalized spacial score (nSPS) is 24.2. The van der Waals surface area contributed by atoms with Crippen LogP contribution < -0.4 is 0 Å². The van der Waals surface area contributed by atoms with Gasteiger partial charge in [-0.3, -0.25) is 0 Å². The quantitative estimate of drug-likeness (QED) is 0.238. The number of rotatable bonds is 3. The van der Waals surface area contributed by atoms with Crippen molar-refractivity contribution < 1.29 is 36.6 Å². The number of amides is 1. The van der Waals surface area contributed by atoms with Crippen molar-refractivity contribution in [3.05, 3.63) is 94.3 Å². The predicted octanol–water partition coefficient (Wildman–Crippen LogP) is 6.54. The van der Waals surface area contributed by atoms with E-state index in [-0.39, 0.29) is 25.4 Å². The van der Waals surface area contributed by atoms with Gasteiger partial charge in [-0.1, -0.05) is 48.5 Å². The fraction of sp³-hybridized carbons (Fsp3) is 0.345. The standard InChI is InChI=1S/C29H24F5NO3/c30-23-22(24(31)26(33)27(34)25(23)32)29(37)12-15-6-5-7-16(13-29)35(15)28(36)38-14-21-19-10-3-1-8-17(19)18-9-2-4-11-20(18)21/h1-4,8-11,15-16,21,37H,5-7,12-14H2. The second-order valence-electron chi connectivity index (χ2n) is 10.3. The van der Waals surface area contributed by atoms with Gasteiger partial charge in [0.2, 0.25) is 5.82 Å². The third kappa shape index (κ3) is 3.70. The first-order valence-electron chi connectivity index (χ1n) is 12.6. The number of carbonyl (C=O) groups is 1. The van der Waals surface area contributed by atoms with E-state index in [1.54, 1.807) is 0 Å². The molecule has 0 aromatic heterocycles. The Bertz CT molecular complexity index is 1360. The third-order valence-corrected chi connectivity index (χ3v) is 8.23. The van der Waals surface area contributed by atoms with E-state index in [0.29, 0.717) is 19.3 Å². The Kier molecular flexibility index (Phi) is 5.94. The van der Waals surface area contributed by atoms with Crippen LogP contribution in [0.25, 0.3) is 11.1 Å². The van der Waals surface area contributed by atoms with Crippen LogP contribution in [-0.2, 0) is 10.3 Å². The molecule has 2 saturated heterocycles. The summed E-state index contributed by atoms with van der Waals surface area (Å²) < 4.78 is 76.5. The summed E-state index contributed by atoms with van der Waals surface area (Å²) in [5, 5.41) is 11.3. The van der Waals surface area contributed by atoms with E-state index in [4.69, 9.17) is 4.74 Å². The first-order valence-corrected chi connectivity index (χ1v) is 12.6. The zero-order valence-electron chi connectivity index (χ0n) is 20.2. The fourth-order valence-electron chi connectivity index (χ4n) is 6.61. The predicted molar refractivity (Wildman–Crippen MR) is 128 cm³/mol. The molecule has 3 aliphatic rings. The summed E-state index contributed by atoms with van der Waals surface area (Å²) in [6, 6.07) is 14.4. The van der Waals surface area contributed by atoms with E-state index >= 15 is 0 Å². The van der Waals surface area contributed by atoms with Crippen molar-refractivity contribution in [1.29, 1.82) is 0 Å². The molecule has 2 bridgehead atoms. The number of halogens is 5. The van der Waals surface area contributed by atoms with Gasteiger partial charge in [-0.2, -0.15) is 0 Å². The molecular formula is C29H24F5NO3. The van der Waals surface area contributed by atoms with Crippen molar-refractivity contribution in [1.82, 2.24) is 4.90 Å². The lowest BCUT2D eigenvalue weighted by atomic mass is 9.72. The summed E-state index contributed by atoms with van der Waals surface area (Å²) >= 11 is 0. The second-order valence-corrected chi connectivity index (χ2v) is 10.3. The Morgan fingerprint density at radius 3 is 1.82 bits per heavy atom. The summed E-state index contributed by atoms with van der Waals surface area (Å²) in [6.45, 7) is 0.0741. The Morgan fingerprint density at radius 1 is 0.816 bits per heavy atom. The first-order chi connectivity index (χ1) is 18.2. The second kappa shape index (κ2) is 9.08. The Morgan fingerprint density at radius 2 is 1.29 bits per heavy atom. The molecule has 198 valence electrons. The van der Waals surface area contributed by atoms with Crippen molar-refractivity contribution in [2.24, 2.45) is 0 Å². The molecular weight excluding hydrogens is 505 g/mol. The smallest absolute Gasteiger partial charge is 0.410 e. The number of hydrogen-bond donors (Lipinski definition) is 1. The van der Waals surface area contributed by atoms with Crippen LogP contribution in [0.5, 0.6) is 0 Å². The van der Waals surface area contributed by atoms with Gasteiger partial charge in [0.15, 0.2) is 23.3 Å². The maximum absolute atomic E-state index is 14.6. The molecule has 2 aliphatic heterocycles. The SMILES string of the molecule is O=C(OCC1c2ccccc2-c2ccccc21)N1C2CCCC1CC(O)(c1c(F)c(F)c(F)c(F)c1F)C2. The highest BCUT2D eigenvalue weighted by Gasteiger charge is 2.52. The van der Waals surface area contributed by atoms with E-state index in [1.165, 1.54) is 4.90 Å². The van der Waals surface area contributed by atoms with Gasteiger partial charge in [0.05, 0.1) is 11.2 Å². The van der Waals surface area contributed by atoms with Gasteiger partial charge in [0.25, 0.3) is 0 Å². The maximum Gasteiger partial charge on any atom is 0.410 e. The molecule has 3 aromatic rings. The zero-order chi connectivity index (χ0) is 26.8. The van der Waals surface area contributed by atoms with Crippen molar-refractivity contribution in [3.8, 4) is 11.1 Å². The summed E-state index contributed by atoms with van der Waals surface area (Å²) in [5.74, 6) is -10.7. The molecule has 1 amide bonds. The highest BCUT2D eigenvalue weighted by Crippen LogP contribution is 2.48.